The molecule has 9 heavy (non-hydrogen) atoms. The van der Waals surface area contributed by atoms with Gasteiger partial charge in [0.15, 0.2) is 0 Å². The first-order valence-electron chi connectivity index (χ1n) is 2.80. The SMILES string of the molecule is O=C(O)NC1(CS)CC1. The van der Waals surface area contributed by atoms with Crippen molar-refractivity contribution >= 4 is 18.7 Å². The zero-order chi connectivity index (χ0) is 6.91. The molecule has 0 unspecified atom stereocenters. The molecule has 2 N–H and O–H groups in total. The van der Waals surface area contributed by atoms with Crippen LogP contribution in [0.4, 0.5) is 4.79 Å². The highest BCUT2D eigenvalue weighted by molar-refractivity contribution is 7.80. The number of rotatable bonds is 2. The quantitative estimate of drug-likeness (QED) is 0.504. The molecule has 1 saturated carbocycles. The fourth-order valence-corrected chi connectivity index (χ4v) is 1.10. The summed E-state index contributed by atoms with van der Waals surface area (Å²) < 4.78 is 0. The van der Waals surface area contributed by atoms with Crippen LogP contribution in [0.2, 0.25) is 0 Å². The van der Waals surface area contributed by atoms with Crippen molar-refractivity contribution in [1.82, 2.24) is 5.32 Å². The largest absolute Gasteiger partial charge is 0.465 e. The highest BCUT2D eigenvalue weighted by Gasteiger charge is 2.42. The molecule has 0 spiro atoms. The summed E-state index contributed by atoms with van der Waals surface area (Å²) in [4.78, 5) is 10.1. The molecule has 0 aromatic carbocycles. The predicted octanol–water partition coefficient (Wildman–Crippen LogP) is 0.716. The summed E-state index contributed by atoms with van der Waals surface area (Å²) in [5, 5.41) is 10.7. The zero-order valence-electron chi connectivity index (χ0n) is 4.92. The van der Waals surface area contributed by atoms with Gasteiger partial charge in [-0.1, -0.05) is 0 Å². The van der Waals surface area contributed by atoms with Crippen molar-refractivity contribution in [1.29, 1.82) is 0 Å². The Morgan fingerprint density at radius 1 is 1.78 bits per heavy atom. The summed E-state index contributed by atoms with van der Waals surface area (Å²) >= 11 is 4.01. The van der Waals surface area contributed by atoms with E-state index in [1.807, 2.05) is 0 Å². The molecule has 1 rings (SSSR count). The van der Waals surface area contributed by atoms with E-state index in [-0.39, 0.29) is 5.54 Å². The van der Waals surface area contributed by atoms with E-state index in [1.54, 1.807) is 0 Å². The molecule has 0 radical (unpaired) electrons. The summed E-state index contributed by atoms with van der Waals surface area (Å²) in [7, 11) is 0. The molecule has 52 valence electrons. The van der Waals surface area contributed by atoms with E-state index in [4.69, 9.17) is 5.11 Å². The van der Waals surface area contributed by atoms with Crippen molar-refractivity contribution in [2.24, 2.45) is 0 Å². The van der Waals surface area contributed by atoms with Crippen LogP contribution < -0.4 is 5.32 Å². The Balaban J connectivity index is 2.33. The van der Waals surface area contributed by atoms with Crippen LogP contribution in [-0.2, 0) is 0 Å². The van der Waals surface area contributed by atoms with Crippen molar-refractivity contribution < 1.29 is 9.90 Å². The number of amides is 1. The van der Waals surface area contributed by atoms with Gasteiger partial charge >= 0.3 is 6.09 Å². The van der Waals surface area contributed by atoms with Gasteiger partial charge in [-0.2, -0.15) is 12.6 Å². The molecule has 1 aliphatic rings. The molecule has 1 aliphatic carbocycles. The van der Waals surface area contributed by atoms with Gasteiger partial charge in [-0.05, 0) is 12.8 Å². The van der Waals surface area contributed by atoms with Crippen LogP contribution in [0.25, 0.3) is 0 Å². The molecule has 4 heteroatoms. The summed E-state index contributed by atoms with van der Waals surface area (Å²) in [6.07, 6.45) is 0.924. The minimum Gasteiger partial charge on any atom is -0.465 e. The Kier molecular flexibility index (Phi) is 1.57. The van der Waals surface area contributed by atoms with Crippen molar-refractivity contribution in [2.45, 2.75) is 18.4 Å². The van der Waals surface area contributed by atoms with Crippen LogP contribution in [0, 0.1) is 0 Å². The number of nitrogens with one attached hydrogen (secondary N) is 1. The number of carboxylic acid groups (broad SMARTS) is 1. The third-order valence-electron chi connectivity index (χ3n) is 1.53. The standard InChI is InChI=1S/C5H9NO2S/c7-4(8)6-5(3-9)1-2-5/h6,9H,1-3H2,(H,7,8). The number of hydrogen-bond donors (Lipinski definition) is 3. The van der Waals surface area contributed by atoms with Crippen LogP contribution in [0.3, 0.4) is 0 Å². The second kappa shape index (κ2) is 2.10. The van der Waals surface area contributed by atoms with Gasteiger partial charge in [0.1, 0.15) is 0 Å². The third-order valence-corrected chi connectivity index (χ3v) is 2.13. The lowest BCUT2D eigenvalue weighted by Crippen LogP contribution is -2.36. The van der Waals surface area contributed by atoms with Gasteiger partial charge < -0.3 is 10.4 Å². The molecule has 0 atom stereocenters. The Labute approximate surface area is 58.9 Å². The smallest absolute Gasteiger partial charge is 0.405 e. The summed E-state index contributed by atoms with van der Waals surface area (Å²) in [5.74, 6) is 0.610. The Morgan fingerprint density at radius 3 is 2.44 bits per heavy atom. The molecule has 1 fully saturated rings. The molecule has 0 aliphatic heterocycles. The lowest BCUT2D eigenvalue weighted by Gasteiger charge is -2.09. The monoisotopic (exact) mass is 147 g/mol. The predicted molar refractivity (Wildman–Crippen MR) is 37.0 cm³/mol. The molecular formula is C5H9NO2S. The lowest BCUT2D eigenvalue weighted by atomic mass is 10.3. The van der Waals surface area contributed by atoms with Crippen molar-refractivity contribution in [3.8, 4) is 0 Å². The molecule has 0 heterocycles. The topological polar surface area (TPSA) is 49.3 Å². The number of hydrogen-bond acceptors (Lipinski definition) is 2. The fourth-order valence-electron chi connectivity index (χ4n) is 0.700. The second-order valence-electron chi connectivity index (χ2n) is 2.37. The maximum Gasteiger partial charge on any atom is 0.405 e. The lowest BCUT2D eigenvalue weighted by molar-refractivity contribution is 0.190. The average molecular weight is 147 g/mol. The van der Waals surface area contributed by atoms with Gasteiger partial charge in [0.2, 0.25) is 0 Å². The third kappa shape index (κ3) is 1.51. The molecular weight excluding hydrogens is 138 g/mol. The van der Waals surface area contributed by atoms with E-state index in [0.717, 1.165) is 12.8 Å². The van der Waals surface area contributed by atoms with Gasteiger partial charge in [0, 0.05) is 5.75 Å². The second-order valence-corrected chi connectivity index (χ2v) is 2.68. The van der Waals surface area contributed by atoms with Gasteiger partial charge in [-0.15, -0.1) is 0 Å². The molecule has 0 bridgehead atoms. The highest BCUT2D eigenvalue weighted by atomic mass is 32.1. The normalized spacial score (nSPS) is 21.0. The van der Waals surface area contributed by atoms with Gasteiger partial charge in [-0.25, -0.2) is 4.79 Å². The minimum atomic E-state index is -0.943. The molecule has 0 aromatic heterocycles. The van der Waals surface area contributed by atoms with Crippen LogP contribution in [0.5, 0.6) is 0 Å². The number of carbonyl (C=O) groups is 1. The fraction of sp³-hybridized carbons (Fsp3) is 0.800. The van der Waals surface area contributed by atoms with E-state index < -0.39 is 6.09 Å². The first kappa shape index (κ1) is 6.74. The van der Waals surface area contributed by atoms with E-state index in [9.17, 15) is 4.79 Å². The Morgan fingerprint density at radius 2 is 2.33 bits per heavy atom. The van der Waals surface area contributed by atoms with Crippen LogP contribution in [0.15, 0.2) is 0 Å². The number of thiol groups is 1. The maximum absolute atomic E-state index is 10.1. The first-order chi connectivity index (χ1) is 4.18. The van der Waals surface area contributed by atoms with Crippen molar-refractivity contribution in [3.63, 3.8) is 0 Å². The molecule has 1 amide bonds. The maximum atomic E-state index is 10.1. The summed E-state index contributed by atoms with van der Waals surface area (Å²) in [6.45, 7) is 0. The first-order valence-corrected chi connectivity index (χ1v) is 3.44. The summed E-state index contributed by atoms with van der Waals surface area (Å²) in [6, 6.07) is 0. The summed E-state index contributed by atoms with van der Waals surface area (Å²) in [5.41, 5.74) is -0.172. The highest BCUT2D eigenvalue weighted by Crippen LogP contribution is 2.35. The van der Waals surface area contributed by atoms with E-state index in [2.05, 4.69) is 17.9 Å². The van der Waals surface area contributed by atoms with E-state index >= 15 is 0 Å². The van der Waals surface area contributed by atoms with Crippen molar-refractivity contribution in [2.75, 3.05) is 5.75 Å². The van der Waals surface area contributed by atoms with E-state index in [0.29, 0.717) is 5.75 Å². The van der Waals surface area contributed by atoms with Crippen LogP contribution in [-0.4, -0.2) is 22.5 Å². The molecule has 0 saturated heterocycles. The van der Waals surface area contributed by atoms with Gasteiger partial charge in [0.25, 0.3) is 0 Å². The van der Waals surface area contributed by atoms with Crippen LogP contribution in [0.1, 0.15) is 12.8 Å². The zero-order valence-corrected chi connectivity index (χ0v) is 5.82. The van der Waals surface area contributed by atoms with E-state index in [1.165, 1.54) is 0 Å². The molecule has 3 nitrogen and oxygen atoms in total. The molecule has 0 aromatic rings. The Bertz CT molecular complexity index is 133. The van der Waals surface area contributed by atoms with Crippen LogP contribution >= 0.6 is 12.6 Å². The van der Waals surface area contributed by atoms with Gasteiger partial charge in [0.05, 0.1) is 5.54 Å². The average Bonchev–Trinajstić information content (AvgIpc) is 2.48. The van der Waals surface area contributed by atoms with Gasteiger partial charge in [-0.3, -0.25) is 0 Å². The van der Waals surface area contributed by atoms with Crippen molar-refractivity contribution in [3.05, 3.63) is 0 Å². The Hall–Kier alpha value is -0.380. The minimum absolute atomic E-state index is 0.172.